The molecule has 0 N–H and O–H groups in total. The van der Waals surface area contributed by atoms with Gasteiger partial charge in [0.25, 0.3) is 0 Å². The van der Waals surface area contributed by atoms with E-state index >= 15 is 0 Å². The summed E-state index contributed by atoms with van der Waals surface area (Å²) in [5, 5.41) is 17.2. The van der Waals surface area contributed by atoms with Crippen LogP contribution in [0.25, 0.3) is 94.1 Å². The van der Waals surface area contributed by atoms with E-state index in [4.69, 9.17) is 14.4 Å². The minimum Gasteiger partial charge on any atom is -0.456 e. The fourth-order valence-electron chi connectivity index (χ4n) is 7.28. The number of hydrogen-bond acceptors (Lipinski definition) is 4. The number of fused-ring (bicyclic) bond motifs is 7. The number of aromatic nitrogens is 3. The maximum absolute atomic E-state index is 10.7. The Labute approximate surface area is 286 Å². The number of furan rings is 1. The maximum atomic E-state index is 10.7. The number of nitriles is 1. The third-order valence-electron chi connectivity index (χ3n) is 9.63. The predicted molar refractivity (Wildman–Crippen MR) is 202 cm³/mol. The molecule has 0 aliphatic heterocycles. The van der Waals surface area contributed by atoms with Gasteiger partial charge in [-0.05, 0) is 59.3 Å². The first-order chi connectivity index (χ1) is 24.7. The van der Waals surface area contributed by atoms with Crippen LogP contribution in [0.2, 0.25) is 0 Å². The lowest BCUT2D eigenvalue weighted by molar-refractivity contribution is 0.669. The standard InChI is InChI=1S/C45H26N4O/c46-27-38-43(31-20-19-28-11-7-8-14-30(28)23-31)47-45(29-12-3-1-4-13-29)48-44(38)32-21-22-41-36(24-32)37-25-35-34-17-9-10-18-39(34)49(33-15-5-2-6-16-33)40(35)26-42(37)50-41/h1-26H. The highest BCUT2D eigenvalue weighted by atomic mass is 16.3. The molecular weight excluding hydrogens is 613 g/mol. The Morgan fingerprint density at radius 3 is 1.94 bits per heavy atom. The lowest BCUT2D eigenvalue weighted by Gasteiger charge is -2.13. The van der Waals surface area contributed by atoms with E-state index in [0.717, 1.165) is 71.5 Å². The van der Waals surface area contributed by atoms with Gasteiger partial charge in [0.05, 0.1) is 22.4 Å². The second-order valence-corrected chi connectivity index (χ2v) is 12.5. The van der Waals surface area contributed by atoms with Gasteiger partial charge in [-0.3, -0.25) is 0 Å². The first-order valence-corrected chi connectivity index (χ1v) is 16.6. The van der Waals surface area contributed by atoms with Gasteiger partial charge < -0.3 is 8.98 Å². The molecule has 0 radical (unpaired) electrons. The van der Waals surface area contributed by atoms with Gasteiger partial charge in [-0.15, -0.1) is 0 Å². The van der Waals surface area contributed by atoms with Crippen molar-refractivity contribution in [1.82, 2.24) is 14.5 Å². The van der Waals surface area contributed by atoms with E-state index in [9.17, 15) is 5.26 Å². The molecule has 10 aromatic rings. The third-order valence-corrected chi connectivity index (χ3v) is 9.63. The monoisotopic (exact) mass is 638 g/mol. The van der Waals surface area contributed by atoms with Gasteiger partial charge in [0.2, 0.25) is 0 Å². The number of nitrogens with zero attached hydrogens (tertiary/aromatic N) is 4. The van der Waals surface area contributed by atoms with Crippen LogP contribution < -0.4 is 0 Å². The highest BCUT2D eigenvalue weighted by Gasteiger charge is 2.21. The van der Waals surface area contributed by atoms with Crippen molar-refractivity contribution in [2.75, 3.05) is 0 Å². The molecule has 0 saturated heterocycles. The topological polar surface area (TPSA) is 67.6 Å². The van der Waals surface area contributed by atoms with Crippen LogP contribution in [0.4, 0.5) is 0 Å². The summed E-state index contributed by atoms with van der Waals surface area (Å²) in [5.74, 6) is 0.565. The van der Waals surface area contributed by atoms with Crippen LogP contribution in [0.3, 0.4) is 0 Å². The van der Waals surface area contributed by atoms with Crippen molar-refractivity contribution in [3.05, 3.63) is 163 Å². The van der Waals surface area contributed by atoms with Gasteiger partial charge in [-0.1, -0.05) is 103 Å². The third kappa shape index (κ3) is 4.33. The van der Waals surface area contributed by atoms with Crippen molar-refractivity contribution in [3.63, 3.8) is 0 Å². The second kappa shape index (κ2) is 11.0. The highest BCUT2D eigenvalue weighted by Crippen LogP contribution is 2.40. The van der Waals surface area contributed by atoms with Gasteiger partial charge in [0.15, 0.2) is 5.82 Å². The molecule has 3 aromatic heterocycles. The van der Waals surface area contributed by atoms with E-state index in [1.54, 1.807) is 0 Å². The zero-order valence-electron chi connectivity index (χ0n) is 26.7. The molecule has 0 unspecified atom stereocenters. The quantitative estimate of drug-likeness (QED) is 0.192. The molecule has 0 atom stereocenters. The van der Waals surface area contributed by atoms with Crippen LogP contribution in [0.5, 0.6) is 0 Å². The van der Waals surface area contributed by atoms with Crippen LogP contribution in [0.1, 0.15) is 5.56 Å². The predicted octanol–water partition coefficient (Wildman–Crippen LogP) is 11.5. The molecule has 0 bridgehead atoms. The van der Waals surface area contributed by atoms with Crippen molar-refractivity contribution in [2.45, 2.75) is 0 Å². The molecule has 3 heterocycles. The zero-order chi connectivity index (χ0) is 33.2. The SMILES string of the molecule is N#Cc1c(-c2ccc3ccccc3c2)nc(-c2ccccc2)nc1-c1ccc2oc3cc4c(cc3c2c1)c1ccccc1n4-c1ccccc1. The van der Waals surface area contributed by atoms with Crippen molar-refractivity contribution in [3.8, 4) is 45.7 Å². The lowest BCUT2D eigenvalue weighted by atomic mass is 9.97. The number of hydrogen-bond donors (Lipinski definition) is 0. The summed E-state index contributed by atoms with van der Waals surface area (Å²) in [6.45, 7) is 0. The Balaban J connectivity index is 1.22. The summed E-state index contributed by atoms with van der Waals surface area (Å²) in [6, 6.07) is 56.2. The van der Waals surface area contributed by atoms with E-state index in [0.29, 0.717) is 22.8 Å². The van der Waals surface area contributed by atoms with Crippen molar-refractivity contribution in [2.24, 2.45) is 0 Å². The average molecular weight is 639 g/mol. The largest absolute Gasteiger partial charge is 0.456 e. The van der Waals surface area contributed by atoms with E-state index in [2.05, 4.69) is 102 Å². The van der Waals surface area contributed by atoms with E-state index in [-0.39, 0.29) is 0 Å². The molecule has 5 heteroatoms. The van der Waals surface area contributed by atoms with Gasteiger partial charge in [-0.25, -0.2) is 9.97 Å². The number of rotatable bonds is 4. The minimum absolute atomic E-state index is 0.431. The van der Waals surface area contributed by atoms with Gasteiger partial charge in [-0.2, -0.15) is 5.26 Å². The fourth-order valence-corrected chi connectivity index (χ4v) is 7.28. The molecule has 0 aliphatic rings. The summed E-state index contributed by atoms with van der Waals surface area (Å²) in [4.78, 5) is 10.1. The van der Waals surface area contributed by atoms with Crippen LogP contribution in [-0.4, -0.2) is 14.5 Å². The lowest BCUT2D eigenvalue weighted by Crippen LogP contribution is -2.01. The fraction of sp³-hybridized carbons (Fsp3) is 0. The minimum atomic E-state index is 0.431. The Bertz CT molecular complexity index is 2990. The van der Waals surface area contributed by atoms with E-state index in [1.807, 2.05) is 66.7 Å². The van der Waals surface area contributed by atoms with Gasteiger partial charge in [0, 0.05) is 50.0 Å². The van der Waals surface area contributed by atoms with Gasteiger partial charge >= 0.3 is 0 Å². The molecule has 0 spiro atoms. The summed E-state index contributed by atoms with van der Waals surface area (Å²) in [5.41, 5.74) is 9.09. The smallest absolute Gasteiger partial charge is 0.160 e. The molecule has 0 amide bonds. The van der Waals surface area contributed by atoms with Crippen LogP contribution in [-0.2, 0) is 0 Å². The summed E-state index contributed by atoms with van der Waals surface area (Å²) < 4.78 is 8.80. The normalized spacial score (nSPS) is 11.6. The maximum Gasteiger partial charge on any atom is 0.160 e. The Morgan fingerprint density at radius 1 is 0.480 bits per heavy atom. The van der Waals surface area contributed by atoms with Crippen molar-refractivity contribution in [1.29, 1.82) is 5.26 Å². The van der Waals surface area contributed by atoms with Crippen LogP contribution >= 0.6 is 0 Å². The van der Waals surface area contributed by atoms with Crippen molar-refractivity contribution >= 4 is 54.5 Å². The first kappa shape index (κ1) is 28.0. The van der Waals surface area contributed by atoms with Crippen LogP contribution in [0.15, 0.2) is 162 Å². The summed E-state index contributed by atoms with van der Waals surface area (Å²) >= 11 is 0. The zero-order valence-corrected chi connectivity index (χ0v) is 26.7. The molecule has 5 nitrogen and oxygen atoms in total. The van der Waals surface area contributed by atoms with Crippen molar-refractivity contribution < 1.29 is 4.42 Å². The molecule has 0 fully saturated rings. The van der Waals surface area contributed by atoms with E-state index < -0.39 is 0 Å². The first-order valence-electron chi connectivity index (χ1n) is 16.6. The second-order valence-electron chi connectivity index (χ2n) is 12.5. The summed E-state index contributed by atoms with van der Waals surface area (Å²) in [6.07, 6.45) is 0. The van der Waals surface area contributed by atoms with Crippen LogP contribution in [0, 0.1) is 11.3 Å². The summed E-state index contributed by atoms with van der Waals surface area (Å²) in [7, 11) is 0. The number of benzene rings is 7. The molecule has 232 valence electrons. The Morgan fingerprint density at radius 2 is 1.14 bits per heavy atom. The molecule has 0 aliphatic carbocycles. The average Bonchev–Trinajstić information content (AvgIpc) is 3.71. The number of para-hydroxylation sites is 2. The molecule has 7 aromatic carbocycles. The molecule has 50 heavy (non-hydrogen) atoms. The molecule has 10 rings (SSSR count). The highest BCUT2D eigenvalue weighted by molar-refractivity contribution is 6.17. The Kier molecular flexibility index (Phi) is 6.17. The van der Waals surface area contributed by atoms with Gasteiger partial charge in [0.1, 0.15) is 22.8 Å². The van der Waals surface area contributed by atoms with E-state index in [1.165, 1.54) is 5.39 Å². The molecule has 0 saturated carbocycles. The Hall–Kier alpha value is -7.03. The molecular formula is C45H26N4O.